The maximum absolute atomic E-state index is 12.8. The van der Waals surface area contributed by atoms with Crippen LogP contribution in [0.3, 0.4) is 0 Å². The lowest BCUT2D eigenvalue weighted by Gasteiger charge is -2.24. The number of nitrogens with zero attached hydrogens (tertiary/aromatic N) is 1. The van der Waals surface area contributed by atoms with Gasteiger partial charge in [-0.1, -0.05) is 54.6 Å². The molecule has 1 aliphatic rings. The van der Waals surface area contributed by atoms with Gasteiger partial charge in [0.25, 0.3) is 11.8 Å². The lowest BCUT2D eigenvalue weighted by atomic mass is 9.99. The molecule has 3 aromatic carbocycles. The molecule has 2 atom stereocenters. The fraction of sp³-hybridized carbons (Fsp3) is 0.174. The van der Waals surface area contributed by atoms with Gasteiger partial charge in [-0.15, -0.1) is 0 Å². The van der Waals surface area contributed by atoms with E-state index in [2.05, 4.69) is 5.32 Å². The summed E-state index contributed by atoms with van der Waals surface area (Å²) in [4.78, 5) is 39.1. The summed E-state index contributed by atoms with van der Waals surface area (Å²) in [5.74, 6) is -1.22. The zero-order valence-electron chi connectivity index (χ0n) is 15.7. The van der Waals surface area contributed by atoms with E-state index in [1.54, 1.807) is 31.2 Å². The first kappa shape index (κ1) is 17.9. The predicted molar refractivity (Wildman–Crippen MR) is 107 cm³/mol. The largest absolute Gasteiger partial charge is 0.348 e. The van der Waals surface area contributed by atoms with Crippen LogP contribution in [0.2, 0.25) is 0 Å². The molecule has 1 heterocycles. The highest BCUT2D eigenvalue weighted by Crippen LogP contribution is 2.26. The van der Waals surface area contributed by atoms with Crippen LogP contribution in [0, 0.1) is 0 Å². The van der Waals surface area contributed by atoms with Crippen LogP contribution in [0.5, 0.6) is 0 Å². The fourth-order valence-corrected chi connectivity index (χ4v) is 3.72. The summed E-state index contributed by atoms with van der Waals surface area (Å²) < 4.78 is 0. The Bertz CT molecular complexity index is 1070. The van der Waals surface area contributed by atoms with Crippen molar-refractivity contribution in [3.05, 3.63) is 83.4 Å². The third-order valence-corrected chi connectivity index (χ3v) is 5.24. The lowest BCUT2D eigenvalue weighted by Crippen LogP contribution is -2.48. The zero-order valence-corrected chi connectivity index (χ0v) is 15.7. The first-order valence-electron chi connectivity index (χ1n) is 9.24. The van der Waals surface area contributed by atoms with Crippen molar-refractivity contribution in [3.63, 3.8) is 0 Å². The standard InChI is InChI=1S/C23H20N2O3/c1-14(17-13-7-9-16-8-3-4-10-18(16)17)24-21(26)15(2)25-22(27)19-11-5-6-12-20(19)23(25)28/h3-15H,1-2H3,(H,24,26). The van der Waals surface area contributed by atoms with Crippen molar-refractivity contribution in [2.45, 2.75) is 25.9 Å². The third-order valence-electron chi connectivity index (χ3n) is 5.24. The van der Waals surface area contributed by atoms with Crippen molar-refractivity contribution in [2.24, 2.45) is 0 Å². The molecule has 0 fully saturated rings. The van der Waals surface area contributed by atoms with Gasteiger partial charge in [0.2, 0.25) is 5.91 Å². The molecule has 2 unspecified atom stereocenters. The van der Waals surface area contributed by atoms with Crippen LogP contribution < -0.4 is 5.32 Å². The van der Waals surface area contributed by atoms with Gasteiger partial charge in [0.15, 0.2) is 0 Å². The number of benzene rings is 3. The maximum atomic E-state index is 12.8. The Morgan fingerprint density at radius 3 is 2.07 bits per heavy atom. The molecular formula is C23H20N2O3. The van der Waals surface area contributed by atoms with Gasteiger partial charge in [-0.3, -0.25) is 19.3 Å². The normalized spacial score (nSPS) is 15.4. The second kappa shape index (κ2) is 6.93. The molecule has 1 N–H and O–H groups in total. The van der Waals surface area contributed by atoms with E-state index in [9.17, 15) is 14.4 Å². The number of rotatable bonds is 4. The van der Waals surface area contributed by atoms with E-state index >= 15 is 0 Å². The summed E-state index contributed by atoms with van der Waals surface area (Å²) in [6.07, 6.45) is 0. The summed E-state index contributed by atoms with van der Waals surface area (Å²) in [5.41, 5.74) is 1.67. The molecule has 4 rings (SSSR count). The molecule has 3 aromatic rings. The van der Waals surface area contributed by atoms with Crippen LogP contribution in [-0.2, 0) is 4.79 Å². The lowest BCUT2D eigenvalue weighted by molar-refractivity contribution is -0.125. The number of fused-ring (bicyclic) bond motifs is 2. The van der Waals surface area contributed by atoms with Crippen LogP contribution >= 0.6 is 0 Å². The maximum Gasteiger partial charge on any atom is 0.262 e. The molecule has 0 saturated carbocycles. The van der Waals surface area contributed by atoms with Crippen LogP contribution in [-0.4, -0.2) is 28.7 Å². The van der Waals surface area contributed by atoms with Gasteiger partial charge in [-0.2, -0.15) is 0 Å². The Balaban J connectivity index is 1.55. The second-order valence-corrected chi connectivity index (χ2v) is 7.00. The topological polar surface area (TPSA) is 66.5 Å². The number of hydrogen-bond donors (Lipinski definition) is 1. The van der Waals surface area contributed by atoms with Crippen LogP contribution in [0.25, 0.3) is 10.8 Å². The summed E-state index contributed by atoms with van der Waals surface area (Å²) in [6.45, 7) is 3.47. The average molecular weight is 372 g/mol. The molecule has 0 aromatic heterocycles. The van der Waals surface area contributed by atoms with Crippen molar-refractivity contribution in [2.75, 3.05) is 0 Å². The molecule has 0 radical (unpaired) electrons. The summed E-state index contributed by atoms with van der Waals surface area (Å²) in [7, 11) is 0. The molecule has 0 spiro atoms. The fourth-order valence-electron chi connectivity index (χ4n) is 3.72. The zero-order chi connectivity index (χ0) is 19.8. The third kappa shape index (κ3) is 2.85. The highest BCUT2D eigenvalue weighted by atomic mass is 16.2. The number of carbonyl (C=O) groups excluding carboxylic acids is 3. The molecule has 28 heavy (non-hydrogen) atoms. The number of carbonyl (C=O) groups is 3. The Labute approximate surface area is 163 Å². The van der Waals surface area contributed by atoms with Crippen LogP contribution in [0.1, 0.15) is 46.2 Å². The Hall–Kier alpha value is -3.47. The minimum absolute atomic E-state index is 0.267. The van der Waals surface area contributed by atoms with Crippen molar-refractivity contribution in [1.29, 1.82) is 0 Å². The quantitative estimate of drug-likeness (QED) is 0.710. The summed E-state index contributed by atoms with van der Waals surface area (Å²) in [6, 6.07) is 19.4. The van der Waals surface area contributed by atoms with Crippen LogP contribution in [0.4, 0.5) is 0 Å². The highest BCUT2D eigenvalue weighted by molar-refractivity contribution is 6.22. The van der Waals surface area contributed by atoms with Gasteiger partial charge in [0.05, 0.1) is 17.2 Å². The van der Waals surface area contributed by atoms with E-state index in [-0.39, 0.29) is 11.9 Å². The van der Waals surface area contributed by atoms with Crippen molar-refractivity contribution in [3.8, 4) is 0 Å². The molecule has 5 nitrogen and oxygen atoms in total. The number of nitrogens with one attached hydrogen (secondary N) is 1. The molecule has 5 heteroatoms. The molecule has 1 aliphatic heterocycles. The van der Waals surface area contributed by atoms with Gasteiger partial charge in [-0.25, -0.2) is 0 Å². The van der Waals surface area contributed by atoms with E-state index in [4.69, 9.17) is 0 Å². The van der Waals surface area contributed by atoms with Crippen LogP contribution in [0.15, 0.2) is 66.7 Å². The van der Waals surface area contributed by atoms with Crippen molar-refractivity contribution in [1.82, 2.24) is 10.2 Å². The highest BCUT2D eigenvalue weighted by Gasteiger charge is 2.40. The smallest absolute Gasteiger partial charge is 0.262 e. The van der Waals surface area contributed by atoms with E-state index in [1.165, 1.54) is 0 Å². The molecule has 3 amide bonds. The van der Waals surface area contributed by atoms with Crippen molar-refractivity contribution >= 4 is 28.5 Å². The van der Waals surface area contributed by atoms with Gasteiger partial charge >= 0.3 is 0 Å². The number of imide groups is 1. The number of hydrogen-bond acceptors (Lipinski definition) is 3. The van der Waals surface area contributed by atoms with Gasteiger partial charge in [-0.05, 0) is 42.3 Å². The minimum atomic E-state index is -0.898. The van der Waals surface area contributed by atoms with E-state index in [1.807, 2.05) is 49.4 Å². The minimum Gasteiger partial charge on any atom is -0.348 e. The van der Waals surface area contributed by atoms with Crippen molar-refractivity contribution < 1.29 is 14.4 Å². The van der Waals surface area contributed by atoms with E-state index in [0.29, 0.717) is 11.1 Å². The first-order valence-corrected chi connectivity index (χ1v) is 9.24. The summed E-state index contributed by atoms with van der Waals surface area (Å²) in [5, 5.41) is 5.10. The first-order chi connectivity index (χ1) is 13.5. The monoisotopic (exact) mass is 372 g/mol. The SMILES string of the molecule is CC(NC(=O)C(C)N1C(=O)c2ccccc2C1=O)c1cccc2ccccc12. The Morgan fingerprint density at radius 2 is 1.39 bits per heavy atom. The van der Waals surface area contributed by atoms with Gasteiger partial charge in [0.1, 0.15) is 6.04 Å². The molecular weight excluding hydrogens is 352 g/mol. The number of amides is 3. The Morgan fingerprint density at radius 1 is 0.821 bits per heavy atom. The summed E-state index contributed by atoms with van der Waals surface area (Å²) >= 11 is 0. The second-order valence-electron chi connectivity index (χ2n) is 7.00. The van der Waals surface area contributed by atoms with E-state index in [0.717, 1.165) is 21.2 Å². The molecule has 0 saturated heterocycles. The molecule has 0 bridgehead atoms. The molecule has 140 valence electrons. The van der Waals surface area contributed by atoms with Gasteiger partial charge < -0.3 is 5.32 Å². The average Bonchev–Trinajstić information content (AvgIpc) is 2.97. The Kier molecular flexibility index (Phi) is 4.43. The molecule has 0 aliphatic carbocycles. The van der Waals surface area contributed by atoms with E-state index < -0.39 is 17.9 Å². The predicted octanol–water partition coefficient (Wildman–Crippen LogP) is 3.70. The van der Waals surface area contributed by atoms with Gasteiger partial charge in [0, 0.05) is 0 Å².